The fourth-order valence-corrected chi connectivity index (χ4v) is 4.50. The maximum atomic E-state index is 13.1. The molecule has 166 valence electrons. The minimum atomic E-state index is -4.10. The number of amides is 1. The average molecular weight is 455 g/mol. The molecule has 0 fully saturated rings. The van der Waals surface area contributed by atoms with Crippen LogP contribution in [0.5, 0.6) is 0 Å². The van der Waals surface area contributed by atoms with Gasteiger partial charge in [-0.05, 0) is 36.2 Å². The summed E-state index contributed by atoms with van der Waals surface area (Å²) < 4.78 is 40.2. The van der Waals surface area contributed by atoms with Gasteiger partial charge in [0.2, 0.25) is 15.9 Å². The molecule has 2 N–H and O–H groups in total. The Kier molecular flexibility index (Phi) is 5.97. The van der Waals surface area contributed by atoms with Crippen molar-refractivity contribution in [3.05, 3.63) is 88.8 Å². The lowest BCUT2D eigenvalue weighted by atomic mass is 10.1. The Labute approximate surface area is 183 Å². The molecule has 2 aromatic heterocycles. The molecule has 10 heteroatoms. The molecular formula is C22H21N3O6S. The van der Waals surface area contributed by atoms with E-state index in [0.29, 0.717) is 11.3 Å². The van der Waals surface area contributed by atoms with Gasteiger partial charge in [0.1, 0.15) is 11.8 Å². The molecular weight excluding hydrogens is 434 g/mol. The summed E-state index contributed by atoms with van der Waals surface area (Å²) in [5.41, 5.74) is 1.39. The molecule has 1 amide bonds. The summed E-state index contributed by atoms with van der Waals surface area (Å²) in [5, 5.41) is 2.70. The Morgan fingerprint density at radius 2 is 1.88 bits per heavy atom. The van der Waals surface area contributed by atoms with E-state index in [4.69, 9.17) is 8.83 Å². The van der Waals surface area contributed by atoms with Crippen LogP contribution in [0.2, 0.25) is 0 Å². The third kappa shape index (κ3) is 4.66. The highest BCUT2D eigenvalue weighted by Gasteiger charge is 2.27. The molecule has 0 saturated heterocycles. The van der Waals surface area contributed by atoms with E-state index in [2.05, 4.69) is 10.0 Å². The molecule has 0 radical (unpaired) electrons. The summed E-state index contributed by atoms with van der Waals surface area (Å²) in [4.78, 5) is 24.5. The van der Waals surface area contributed by atoms with Gasteiger partial charge in [-0.1, -0.05) is 30.3 Å². The van der Waals surface area contributed by atoms with Gasteiger partial charge in [0.15, 0.2) is 5.58 Å². The van der Waals surface area contributed by atoms with Crippen LogP contribution < -0.4 is 15.8 Å². The van der Waals surface area contributed by atoms with Gasteiger partial charge in [0.05, 0.1) is 23.2 Å². The molecule has 1 atom stereocenters. The molecule has 0 saturated carbocycles. The highest BCUT2D eigenvalue weighted by atomic mass is 32.2. The van der Waals surface area contributed by atoms with E-state index in [1.165, 1.54) is 36.1 Å². The van der Waals surface area contributed by atoms with E-state index in [1.54, 1.807) is 12.1 Å². The fraction of sp³-hybridized carbons (Fsp3) is 0.182. The zero-order chi connectivity index (χ0) is 22.7. The monoisotopic (exact) mass is 455 g/mol. The van der Waals surface area contributed by atoms with E-state index in [0.717, 1.165) is 5.56 Å². The van der Waals surface area contributed by atoms with E-state index in [9.17, 15) is 18.0 Å². The minimum Gasteiger partial charge on any atom is -0.467 e. The molecule has 4 rings (SSSR count). The number of furan rings is 1. The van der Waals surface area contributed by atoms with Gasteiger partial charge < -0.3 is 14.2 Å². The molecule has 32 heavy (non-hydrogen) atoms. The number of hydrogen-bond donors (Lipinski definition) is 2. The predicted molar refractivity (Wildman–Crippen MR) is 116 cm³/mol. The smallest absolute Gasteiger partial charge is 0.419 e. The average Bonchev–Trinajstić information content (AvgIpc) is 3.40. The number of carbonyl (C=O) groups is 1. The first-order valence-electron chi connectivity index (χ1n) is 9.79. The Hall–Kier alpha value is -3.63. The highest BCUT2D eigenvalue weighted by Crippen LogP contribution is 2.19. The van der Waals surface area contributed by atoms with E-state index < -0.39 is 27.7 Å². The summed E-state index contributed by atoms with van der Waals surface area (Å²) in [6, 6.07) is 15.5. The summed E-state index contributed by atoms with van der Waals surface area (Å²) in [6.45, 7) is 0.125. The van der Waals surface area contributed by atoms with E-state index >= 15 is 0 Å². The van der Waals surface area contributed by atoms with Crippen LogP contribution in [-0.4, -0.2) is 24.9 Å². The van der Waals surface area contributed by atoms with Crippen molar-refractivity contribution in [1.82, 2.24) is 14.6 Å². The Balaban J connectivity index is 1.59. The molecule has 2 aromatic carbocycles. The first kappa shape index (κ1) is 21.6. The van der Waals surface area contributed by atoms with Crippen molar-refractivity contribution in [2.75, 3.05) is 0 Å². The molecule has 4 aromatic rings. The quantitative estimate of drug-likeness (QED) is 0.418. The normalized spacial score (nSPS) is 12.7. The number of aryl methyl sites for hydroxylation is 1. The topological polar surface area (TPSA) is 124 Å². The number of fused-ring (bicyclic) bond motifs is 1. The second-order valence-electron chi connectivity index (χ2n) is 7.22. The predicted octanol–water partition coefficient (Wildman–Crippen LogP) is 1.93. The Bertz CT molecular complexity index is 1390. The number of oxazole rings is 1. The van der Waals surface area contributed by atoms with Crippen LogP contribution in [0.1, 0.15) is 11.3 Å². The van der Waals surface area contributed by atoms with Gasteiger partial charge in [-0.25, -0.2) is 13.2 Å². The third-order valence-electron chi connectivity index (χ3n) is 4.99. The van der Waals surface area contributed by atoms with Crippen LogP contribution in [0.15, 0.2) is 85.5 Å². The molecule has 0 spiro atoms. The largest absolute Gasteiger partial charge is 0.467 e. The van der Waals surface area contributed by atoms with Crippen LogP contribution >= 0.6 is 0 Å². The highest BCUT2D eigenvalue weighted by molar-refractivity contribution is 7.89. The fourth-order valence-electron chi connectivity index (χ4n) is 3.28. The summed E-state index contributed by atoms with van der Waals surface area (Å²) >= 11 is 0. The van der Waals surface area contributed by atoms with Crippen LogP contribution in [0.25, 0.3) is 11.1 Å². The van der Waals surface area contributed by atoms with Gasteiger partial charge in [0, 0.05) is 13.1 Å². The van der Waals surface area contributed by atoms with Gasteiger partial charge in [0.25, 0.3) is 0 Å². The lowest BCUT2D eigenvalue weighted by molar-refractivity contribution is -0.122. The Morgan fingerprint density at radius 3 is 2.59 bits per heavy atom. The molecule has 9 nitrogen and oxygen atoms in total. The lowest BCUT2D eigenvalue weighted by Crippen LogP contribution is -2.47. The standard InChI is InChI=1S/C22H21N3O6S/c1-25-19-10-9-17(13-20(19)31-22(25)27)32(28,29)24-18(12-15-6-3-2-4-7-15)21(26)23-14-16-8-5-11-30-16/h2-11,13,18,24H,12,14H2,1H3,(H,23,26)/t18-/m0/s1. The van der Waals surface area contributed by atoms with E-state index in [1.807, 2.05) is 30.3 Å². The van der Waals surface area contributed by atoms with Crippen molar-refractivity contribution >= 4 is 27.0 Å². The molecule has 0 aliphatic carbocycles. The number of aromatic nitrogens is 1. The molecule has 0 bridgehead atoms. The van der Waals surface area contributed by atoms with Crippen molar-refractivity contribution in [1.29, 1.82) is 0 Å². The summed E-state index contributed by atoms with van der Waals surface area (Å²) in [6.07, 6.45) is 1.64. The molecule has 0 unspecified atom stereocenters. The number of hydrogen-bond acceptors (Lipinski definition) is 6. The molecule has 2 heterocycles. The number of benzene rings is 2. The van der Waals surface area contributed by atoms with Crippen LogP contribution in [0.3, 0.4) is 0 Å². The zero-order valence-corrected chi connectivity index (χ0v) is 18.0. The first-order valence-corrected chi connectivity index (χ1v) is 11.3. The van der Waals surface area contributed by atoms with Crippen molar-refractivity contribution in [2.24, 2.45) is 7.05 Å². The van der Waals surface area contributed by atoms with Crippen molar-refractivity contribution < 1.29 is 22.0 Å². The first-order chi connectivity index (χ1) is 15.3. The number of sulfonamides is 1. The van der Waals surface area contributed by atoms with Gasteiger partial charge in [-0.2, -0.15) is 4.72 Å². The molecule has 0 aliphatic heterocycles. The van der Waals surface area contributed by atoms with Crippen LogP contribution in [-0.2, 0) is 34.8 Å². The van der Waals surface area contributed by atoms with Crippen molar-refractivity contribution in [2.45, 2.75) is 23.9 Å². The minimum absolute atomic E-state index is 0.115. The second kappa shape index (κ2) is 8.85. The van der Waals surface area contributed by atoms with Crippen molar-refractivity contribution in [3.8, 4) is 0 Å². The number of nitrogens with zero attached hydrogens (tertiary/aromatic N) is 1. The number of rotatable bonds is 8. The number of carbonyl (C=O) groups excluding carboxylic acids is 1. The maximum absolute atomic E-state index is 13.1. The second-order valence-corrected chi connectivity index (χ2v) is 8.93. The molecule has 0 aliphatic rings. The maximum Gasteiger partial charge on any atom is 0.419 e. The van der Waals surface area contributed by atoms with Gasteiger partial charge >= 0.3 is 5.76 Å². The van der Waals surface area contributed by atoms with Gasteiger partial charge in [-0.15, -0.1) is 0 Å². The Morgan fingerprint density at radius 1 is 1.09 bits per heavy atom. The van der Waals surface area contributed by atoms with Gasteiger partial charge in [-0.3, -0.25) is 9.36 Å². The van der Waals surface area contributed by atoms with E-state index in [-0.39, 0.29) is 23.4 Å². The number of nitrogens with one attached hydrogen (secondary N) is 2. The van der Waals surface area contributed by atoms with Crippen LogP contribution in [0, 0.1) is 0 Å². The summed E-state index contributed by atoms with van der Waals surface area (Å²) in [5.74, 6) is -0.549. The SMILES string of the molecule is Cn1c(=O)oc2cc(S(=O)(=O)N[C@@H](Cc3ccccc3)C(=O)NCc3ccco3)ccc21. The summed E-state index contributed by atoms with van der Waals surface area (Å²) in [7, 11) is -2.57. The zero-order valence-electron chi connectivity index (χ0n) is 17.1. The van der Waals surface area contributed by atoms with Crippen molar-refractivity contribution in [3.63, 3.8) is 0 Å². The third-order valence-corrected chi connectivity index (χ3v) is 6.46. The van der Waals surface area contributed by atoms with Crippen LogP contribution in [0.4, 0.5) is 0 Å². The lowest BCUT2D eigenvalue weighted by Gasteiger charge is -2.18.